The molecule has 0 spiro atoms. The van der Waals surface area contributed by atoms with Crippen LogP contribution in [0.25, 0.3) is 0 Å². The van der Waals surface area contributed by atoms with Crippen molar-refractivity contribution in [2.75, 3.05) is 24.3 Å². The summed E-state index contributed by atoms with van der Waals surface area (Å²) in [5.41, 5.74) is 0. The molecule has 94 valence electrons. The molecule has 1 aromatic rings. The highest BCUT2D eigenvalue weighted by Gasteiger charge is 2.16. The van der Waals surface area contributed by atoms with Crippen LogP contribution in [0.1, 0.15) is 32.6 Å². The van der Waals surface area contributed by atoms with Gasteiger partial charge in [-0.15, -0.1) is 0 Å². The summed E-state index contributed by atoms with van der Waals surface area (Å²) in [6.45, 7) is 2.77. The van der Waals surface area contributed by atoms with E-state index in [9.17, 15) is 0 Å². The van der Waals surface area contributed by atoms with Gasteiger partial charge in [-0.25, -0.2) is 0 Å². The second-order valence-corrected chi connectivity index (χ2v) is 4.13. The number of hydrogen-bond donors (Lipinski definition) is 2. The van der Waals surface area contributed by atoms with Crippen LogP contribution in [0, 0.1) is 0 Å². The van der Waals surface area contributed by atoms with E-state index in [0.29, 0.717) is 23.9 Å². The van der Waals surface area contributed by atoms with E-state index < -0.39 is 0 Å². The van der Waals surface area contributed by atoms with Crippen molar-refractivity contribution in [3.05, 3.63) is 0 Å². The molecule has 2 rings (SSSR count). The van der Waals surface area contributed by atoms with Gasteiger partial charge in [-0.2, -0.15) is 15.0 Å². The zero-order valence-corrected chi connectivity index (χ0v) is 10.4. The van der Waals surface area contributed by atoms with E-state index in [-0.39, 0.29) is 0 Å². The SMILES string of the molecule is CCNc1nc(NC2CCCC2)nc(OC)n1. The highest BCUT2D eigenvalue weighted by Crippen LogP contribution is 2.21. The van der Waals surface area contributed by atoms with Crippen LogP contribution in [-0.4, -0.2) is 34.6 Å². The van der Waals surface area contributed by atoms with Crippen LogP contribution < -0.4 is 15.4 Å². The van der Waals surface area contributed by atoms with E-state index in [4.69, 9.17) is 4.74 Å². The van der Waals surface area contributed by atoms with Gasteiger partial charge in [0.05, 0.1) is 7.11 Å². The van der Waals surface area contributed by atoms with E-state index >= 15 is 0 Å². The van der Waals surface area contributed by atoms with Gasteiger partial charge in [0, 0.05) is 12.6 Å². The summed E-state index contributed by atoms with van der Waals surface area (Å²) in [7, 11) is 1.56. The quantitative estimate of drug-likeness (QED) is 0.811. The van der Waals surface area contributed by atoms with Crippen molar-refractivity contribution in [1.29, 1.82) is 0 Å². The van der Waals surface area contributed by atoms with Crippen molar-refractivity contribution in [3.8, 4) is 6.01 Å². The lowest BCUT2D eigenvalue weighted by Crippen LogP contribution is -2.18. The number of aromatic nitrogens is 3. The molecule has 1 saturated carbocycles. The number of nitrogens with zero attached hydrogens (tertiary/aromatic N) is 3. The van der Waals surface area contributed by atoms with Crippen LogP contribution >= 0.6 is 0 Å². The minimum Gasteiger partial charge on any atom is -0.467 e. The Hall–Kier alpha value is -1.59. The first-order chi connectivity index (χ1) is 8.31. The lowest BCUT2D eigenvalue weighted by Gasteiger charge is -2.13. The van der Waals surface area contributed by atoms with Gasteiger partial charge < -0.3 is 15.4 Å². The molecular formula is C11H19N5O. The number of ether oxygens (including phenoxy) is 1. The Morgan fingerprint density at radius 3 is 2.53 bits per heavy atom. The fourth-order valence-corrected chi connectivity index (χ4v) is 2.00. The van der Waals surface area contributed by atoms with E-state index in [1.807, 2.05) is 6.92 Å². The Kier molecular flexibility index (Phi) is 3.95. The zero-order valence-electron chi connectivity index (χ0n) is 10.4. The molecule has 6 nitrogen and oxygen atoms in total. The smallest absolute Gasteiger partial charge is 0.322 e. The molecule has 17 heavy (non-hydrogen) atoms. The first-order valence-electron chi connectivity index (χ1n) is 6.12. The Labute approximate surface area is 101 Å². The van der Waals surface area contributed by atoms with Gasteiger partial charge in [0.2, 0.25) is 11.9 Å². The Morgan fingerprint density at radius 2 is 1.88 bits per heavy atom. The van der Waals surface area contributed by atoms with E-state index in [1.165, 1.54) is 25.7 Å². The van der Waals surface area contributed by atoms with Crippen molar-refractivity contribution in [2.24, 2.45) is 0 Å². The van der Waals surface area contributed by atoms with Crippen LogP contribution in [0.15, 0.2) is 0 Å². The normalized spacial score (nSPS) is 15.9. The maximum absolute atomic E-state index is 5.06. The zero-order chi connectivity index (χ0) is 12.1. The summed E-state index contributed by atoms with van der Waals surface area (Å²) in [5, 5.41) is 6.40. The minimum absolute atomic E-state index is 0.344. The van der Waals surface area contributed by atoms with Gasteiger partial charge in [-0.05, 0) is 19.8 Å². The molecule has 1 aromatic heterocycles. The second kappa shape index (κ2) is 5.65. The van der Waals surface area contributed by atoms with Gasteiger partial charge in [0.1, 0.15) is 0 Å². The summed E-state index contributed by atoms with van der Waals surface area (Å²) in [6, 6.07) is 0.827. The fourth-order valence-electron chi connectivity index (χ4n) is 2.00. The predicted molar refractivity (Wildman–Crippen MR) is 66.4 cm³/mol. The Balaban J connectivity index is 2.10. The molecule has 0 bridgehead atoms. The lowest BCUT2D eigenvalue weighted by atomic mass is 10.3. The van der Waals surface area contributed by atoms with Crippen LogP contribution in [-0.2, 0) is 0 Å². The molecular weight excluding hydrogens is 218 g/mol. The van der Waals surface area contributed by atoms with Gasteiger partial charge in [0.15, 0.2) is 0 Å². The van der Waals surface area contributed by atoms with Crippen molar-refractivity contribution < 1.29 is 4.74 Å². The molecule has 0 saturated heterocycles. The molecule has 0 unspecified atom stereocenters. The average Bonchev–Trinajstić information content (AvgIpc) is 2.82. The Bertz CT molecular complexity index is 365. The molecule has 1 aliphatic rings. The summed E-state index contributed by atoms with van der Waals surface area (Å²) in [4.78, 5) is 12.6. The summed E-state index contributed by atoms with van der Waals surface area (Å²) in [5.74, 6) is 1.15. The molecule has 6 heteroatoms. The van der Waals surface area contributed by atoms with Crippen molar-refractivity contribution in [3.63, 3.8) is 0 Å². The topological polar surface area (TPSA) is 72.0 Å². The number of nitrogens with one attached hydrogen (secondary N) is 2. The van der Waals surface area contributed by atoms with Crippen LogP contribution in [0.2, 0.25) is 0 Å². The first kappa shape index (κ1) is 11.9. The van der Waals surface area contributed by atoms with Gasteiger partial charge in [-0.1, -0.05) is 12.8 Å². The summed E-state index contributed by atoms with van der Waals surface area (Å²) in [6.07, 6.45) is 4.93. The maximum Gasteiger partial charge on any atom is 0.322 e. The first-order valence-corrected chi connectivity index (χ1v) is 6.12. The molecule has 1 fully saturated rings. The third-order valence-electron chi connectivity index (χ3n) is 2.82. The molecule has 0 amide bonds. The molecule has 0 aromatic carbocycles. The molecule has 2 N–H and O–H groups in total. The minimum atomic E-state index is 0.344. The van der Waals surface area contributed by atoms with Gasteiger partial charge >= 0.3 is 6.01 Å². The number of methoxy groups -OCH3 is 1. The van der Waals surface area contributed by atoms with Gasteiger partial charge in [-0.3, -0.25) is 0 Å². The number of hydrogen-bond acceptors (Lipinski definition) is 6. The average molecular weight is 237 g/mol. The molecule has 0 radical (unpaired) electrons. The maximum atomic E-state index is 5.06. The third-order valence-corrected chi connectivity index (χ3v) is 2.82. The molecule has 1 heterocycles. The predicted octanol–water partition coefficient (Wildman–Crippen LogP) is 1.67. The monoisotopic (exact) mass is 237 g/mol. The van der Waals surface area contributed by atoms with E-state index in [1.54, 1.807) is 7.11 Å². The largest absolute Gasteiger partial charge is 0.467 e. The van der Waals surface area contributed by atoms with Crippen LogP contribution in [0.4, 0.5) is 11.9 Å². The lowest BCUT2D eigenvalue weighted by molar-refractivity contribution is 0.379. The second-order valence-electron chi connectivity index (χ2n) is 4.13. The molecule has 0 atom stereocenters. The van der Waals surface area contributed by atoms with Crippen LogP contribution in [0.5, 0.6) is 6.01 Å². The molecule has 1 aliphatic carbocycles. The third kappa shape index (κ3) is 3.18. The fraction of sp³-hybridized carbons (Fsp3) is 0.727. The van der Waals surface area contributed by atoms with Crippen molar-refractivity contribution in [1.82, 2.24) is 15.0 Å². The highest BCUT2D eigenvalue weighted by molar-refractivity contribution is 5.36. The standard InChI is InChI=1S/C11H19N5O/c1-3-12-9-14-10(16-11(15-9)17-2)13-8-6-4-5-7-8/h8H,3-7H2,1-2H3,(H2,12,13,14,15,16). The van der Waals surface area contributed by atoms with E-state index in [0.717, 1.165) is 6.54 Å². The van der Waals surface area contributed by atoms with Gasteiger partial charge in [0.25, 0.3) is 0 Å². The summed E-state index contributed by atoms with van der Waals surface area (Å²) < 4.78 is 5.06. The van der Waals surface area contributed by atoms with E-state index in [2.05, 4.69) is 25.6 Å². The number of rotatable bonds is 5. The van der Waals surface area contributed by atoms with Crippen molar-refractivity contribution in [2.45, 2.75) is 38.6 Å². The summed E-state index contributed by atoms with van der Waals surface area (Å²) >= 11 is 0. The number of anilines is 2. The Morgan fingerprint density at radius 1 is 1.18 bits per heavy atom. The highest BCUT2D eigenvalue weighted by atomic mass is 16.5. The van der Waals surface area contributed by atoms with Crippen LogP contribution in [0.3, 0.4) is 0 Å². The molecule has 0 aliphatic heterocycles. The van der Waals surface area contributed by atoms with Crippen molar-refractivity contribution >= 4 is 11.9 Å².